The molecule has 0 saturated carbocycles. The molecule has 0 unspecified atom stereocenters. The van der Waals surface area contributed by atoms with E-state index in [9.17, 15) is 14.9 Å². The maximum absolute atomic E-state index is 12.5. The van der Waals surface area contributed by atoms with E-state index < -0.39 is 4.92 Å². The number of anilines is 1. The zero-order valence-corrected chi connectivity index (χ0v) is 11.7. The average molecular weight is 303 g/mol. The van der Waals surface area contributed by atoms with Gasteiger partial charge in [-0.15, -0.1) is 0 Å². The summed E-state index contributed by atoms with van der Waals surface area (Å²) in [6.45, 7) is 0.604. The second kappa shape index (κ2) is 5.18. The Morgan fingerprint density at radius 3 is 2.71 bits per heavy atom. The molecule has 1 heterocycles. The first-order valence-corrected chi connectivity index (χ1v) is 6.79. The number of benzene rings is 2. The first kappa shape index (κ1) is 13.6. The number of hydrogen-bond donors (Lipinski definition) is 0. The van der Waals surface area contributed by atoms with Crippen LogP contribution in [-0.2, 0) is 6.42 Å². The SMILES string of the molecule is O=C(c1ccc([N+](=O)[O-])c(Cl)c1)N1CCc2ccccc21. The van der Waals surface area contributed by atoms with Crippen LogP contribution in [0.15, 0.2) is 42.5 Å². The van der Waals surface area contributed by atoms with Crippen molar-refractivity contribution < 1.29 is 9.72 Å². The van der Waals surface area contributed by atoms with Gasteiger partial charge in [0.05, 0.1) is 4.92 Å². The molecule has 0 bridgehead atoms. The van der Waals surface area contributed by atoms with Gasteiger partial charge < -0.3 is 4.90 Å². The first-order valence-electron chi connectivity index (χ1n) is 6.41. The minimum Gasteiger partial charge on any atom is -0.308 e. The van der Waals surface area contributed by atoms with Gasteiger partial charge in [-0.2, -0.15) is 0 Å². The molecule has 5 nitrogen and oxygen atoms in total. The van der Waals surface area contributed by atoms with Crippen LogP contribution in [0.1, 0.15) is 15.9 Å². The fourth-order valence-electron chi connectivity index (χ4n) is 2.49. The number of carbonyl (C=O) groups excluding carboxylic acids is 1. The standard InChI is InChI=1S/C15H11ClN2O3/c16-12-9-11(5-6-14(12)18(20)21)15(19)17-8-7-10-3-1-2-4-13(10)17/h1-6,9H,7-8H2. The average Bonchev–Trinajstić information content (AvgIpc) is 2.90. The van der Waals surface area contributed by atoms with Crippen molar-refractivity contribution in [1.82, 2.24) is 0 Å². The van der Waals surface area contributed by atoms with E-state index in [2.05, 4.69) is 0 Å². The maximum atomic E-state index is 12.5. The van der Waals surface area contributed by atoms with Gasteiger partial charge in [0, 0.05) is 23.9 Å². The molecule has 0 fully saturated rings. The fourth-order valence-corrected chi connectivity index (χ4v) is 2.74. The van der Waals surface area contributed by atoms with Crippen LogP contribution in [0.4, 0.5) is 11.4 Å². The fraction of sp³-hybridized carbons (Fsp3) is 0.133. The lowest BCUT2D eigenvalue weighted by atomic mass is 10.1. The van der Waals surface area contributed by atoms with Gasteiger partial charge in [-0.25, -0.2) is 0 Å². The summed E-state index contributed by atoms with van der Waals surface area (Å²) in [5.41, 5.74) is 2.16. The Morgan fingerprint density at radius 2 is 2.00 bits per heavy atom. The Balaban J connectivity index is 1.94. The summed E-state index contributed by atoms with van der Waals surface area (Å²) < 4.78 is 0. The summed E-state index contributed by atoms with van der Waals surface area (Å²) in [7, 11) is 0. The van der Waals surface area contributed by atoms with E-state index in [4.69, 9.17) is 11.6 Å². The lowest BCUT2D eigenvalue weighted by molar-refractivity contribution is -0.384. The number of hydrogen-bond acceptors (Lipinski definition) is 3. The number of nitrogens with zero attached hydrogens (tertiary/aromatic N) is 2. The van der Waals surface area contributed by atoms with Gasteiger partial charge in [-0.05, 0) is 30.2 Å². The highest BCUT2D eigenvalue weighted by atomic mass is 35.5. The molecular formula is C15H11ClN2O3. The number of nitro benzene ring substituents is 1. The zero-order chi connectivity index (χ0) is 15.0. The third-order valence-corrected chi connectivity index (χ3v) is 3.83. The van der Waals surface area contributed by atoms with E-state index in [-0.39, 0.29) is 16.6 Å². The molecule has 2 aromatic carbocycles. The van der Waals surface area contributed by atoms with Crippen molar-refractivity contribution in [1.29, 1.82) is 0 Å². The van der Waals surface area contributed by atoms with Crippen LogP contribution in [0, 0.1) is 10.1 Å². The molecule has 0 spiro atoms. The predicted octanol–water partition coefficient (Wildman–Crippen LogP) is 3.45. The van der Waals surface area contributed by atoms with E-state index in [0.29, 0.717) is 12.1 Å². The van der Waals surface area contributed by atoms with E-state index in [0.717, 1.165) is 17.7 Å². The molecule has 0 N–H and O–H groups in total. The minimum absolute atomic E-state index is 0.0293. The summed E-state index contributed by atoms with van der Waals surface area (Å²) in [5.74, 6) is -0.197. The van der Waals surface area contributed by atoms with Crippen molar-refractivity contribution in [2.24, 2.45) is 0 Å². The number of para-hydroxylation sites is 1. The van der Waals surface area contributed by atoms with Crippen LogP contribution < -0.4 is 4.90 Å². The second-order valence-corrected chi connectivity index (χ2v) is 5.17. The van der Waals surface area contributed by atoms with Crippen molar-refractivity contribution in [3.05, 3.63) is 68.7 Å². The van der Waals surface area contributed by atoms with Crippen LogP contribution in [0.3, 0.4) is 0 Å². The zero-order valence-electron chi connectivity index (χ0n) is 11.0. The molecule has 21 heavy (non-hydrogen) atoms. The summed E-state index contributed by atoms with van der Waals surface area (Å²) in [6, 6.07) is 11.8. The van der Waals surface area contributed by atoms with Crippen LogP contribution in [0.25, 0.3) is 0 Å². The number of nitro groups is 1. The van der Waals surface area contributed by atoms with E-state index in [1.54, 1.807) is 4.90 Å². The highest BCUT2D eigenvalue weighted by molar-refractivity contribution is 6.33. The van der Waals surface area contributed by atoms with Crippen molar-refractivity contribution in [2.75, 3.05) is 11.4 Å². The maximum Gasteiger partial charge on any atom is 0.287 e. The third-order valence-electron chi connectivity index (χ3n) is 3.52. The largest absolute Gasteiger partial charge is 0.308 e. The van der Waals surface area contributed by atoms with E-state index >= 15 is 0 Å². The summed E-state index contributed by atoms with van der Waals surface area (Å²) >= 11 is 5.86. The molecule has 0 aliphatic carbocycles. The highest BCUT2D eigenvalue weighted by Crippen LogP contribution is 2.30. The Bertz CT molecular complexity index is 745. The van der Waals surface area contributed by atoms with Gasteiger partial charge >= 0.3 is 0 Å². The molecule has 0 radical (unpaired) electrons. The molecule has 6 heteroatoms. The molecule has 106 valence electrons. The normalized spacial score (nSPS) is 13.1. The number of fused-ring (bicyclic) bond motifs is 1. The van der Waals surface area contributed by atoms with Crippen molar-refractivity contribution in [3.8, 4) is 0 Å². The van der Waals surface area contributed by atoms with Gasteiger partial charge in [-0.3, -0.25) is 14.9 Å². The summed E-state index contributed by atoms with van der Waals surface area (Å²) in [6.07, 6.45) is 0.808. The molecule has 0 aromatic heterocycles. The molecule has 0 atom stereocenters. The number of halogens is 1. The lowest BCUT2D eigenvalue weighted by Crippen LogP contribution is -2.28. The minimum atomic E-state index is -0.568. The number of amides is 1. The molecule has 1 aliphatic rings. The first-order chi connectivity index (χ1) is 10.1. The smallest absolute Gasteiger partial charge is 0.287 e. The van der Waals surface area contributed by atoms with Gasteiger partial charge in [0.15, 0.2) is 0 Å². The predicted molar refractivity (Wildman–Crippen MR) is 79.9 cm³/mol. The molecule has 3 rings (SSSR count). The molecular weight excluding hydrogens is 292 g/mol. The Kier molecular flexibility index (Phi) is 3.35. The lowest BCUT2D eigenvalue weighted by Gasteiger charge is -2.17. The highest BCUT2D eigenvalue weighted by Gasteiger charge is 2.26. The van der Waals surface area contributed by atoms with Crippen LogP contribution in [0.2, 0.25) is 5.02 Å². The van der Waals surface area contributed by atoms with Gasteiger partial charge in [0.2, 0.25) is 0 Å². The summed E-state index contributed by atoms with van der Waals surface area (Å²) in [4.78, 5) is 24.4. The van der Waals surface area contributed by atoms with Crippen LogP contribution in [-0.4, -0.2) is 17.4 Å². The van der Waals surface area contributed by atoms with Crippen molar-refractivity contribution in [3.63, 3.8) is 0 Å². The quantitative estimate of drug-likeness (QED) is 0.630. The van der Waals surface area contributed by atoms with Crippen molar-refractivity contribution >= 4 is 28.9 Å². The van der Waals surface area contributed by atoms with Gasteiger partial charge in [0.1, 0.15) is 5.02 Å². The Hall–Kier alpha value is -2.40. The Morgan fingerprint density at radius 1 is 1.24 bits per heavy atom. The molecule has 0 saturated heterocycles. The van der Waals surface area contributed by atoms with Crippen LogP contribution >= 0.6 is 11.6 Å². The third kappa shape index (κ3) is 2.36. The van der Waals surface area contributed by atoms with Crippen molar-refractivity contribution in [2.45, 2.75) is 6.42 Å². The van der Waals surface area contributed by atoms with Gasteiger partial charge in [0.25, 0.3) is 11.6 Å². The molecule has 2 aromatic rings. The summed E-state index contributed by atoms with van der Waals surface area (Å²) in [5, 5.41) is 10.7. The van der Waals surface area contributed by atoms with E-state index in [1.807, 2.05) is 24.3 Å². The number of carbonyl (C=O) groups is 1. The van der Waals surface area contributed by atoms with E-state index in [1.165, 1.54) is 18.2 Å². The Labute approximate surface area is 125 Å². The van der Waals surface area contributed by atoms with Gasteiger partial charge in [-0.1, -0.05) is 29.8 Å². The second-order valence-electron chi connectivity index (χ2n) is 4.76. The molecule has 1 amide bonds. The topological polar surface area (TPSA) is 63.4 Å². The molecule has 1 aliphatic heterocycles. The monoisotopic (exact) mass is 302 g/mol. The van der Waals surface area contributed by atoms with Crippen LogP contribution in [0.5, 0.6) is 0 Å². The number of rotatable bonds is 2.